The Hall–Kier alpha value is -3.97. The molecule has 3 aromatic rings. The number of carbonyl (C=O) groups is 1. The molecule has 3 aromatic carbocycles. The Balaban J connectivity index is 1.89. The van der Waals surface area contributed by atoms with Crippen molar-refractivity contribution in [2.75, 3.05) is 25.0 Å². The molecule has 0 heterocycles. The monoisotopic (exact) mass is 586 g/mol. The largest absolute Gasteiger partial charge is 0.457 e. The highest BCUT2D eigenvalue weighted by Crippen LogP contribution is 2.53. The van der Waals surface area contributed by atoms with Crippen LogP contribution in [0.25, 0.3) is 0 Å². The van der Waals surface area contributed by atoms with Gasteiger partial charge in [0, 0.05) is 29.6 Å². The van der Waals surface area contributed by atoms with Crippen molar-refractivity contribution in [1.29, 1.82) is 0 Å². The minimum atomic E-state index is -5.85. The van der Waals surface area contributed by atoms with Gasteiger partial charge in [0.15, 0.2) is 0 Å². The number of ether oxygens (including phenoxy) is 4. The number of amides is 1. The van der Waals surface area contributed by atoms with Crippen LogP contribution in [0.4, 0.5) is 42.5 Å². The molecule has 41 heavy (non-hydrogen) atoms. The average Bonchev–Trinajstić information content (AvgIpc) is 2.90. The summed E-state index contributed by atoms with van der Waals surface area (Å²) in [5.41, 5.74) is 1.43. The third-order valence-electron chi connectivity index (χ3n) is 5.90. The normalized spacial score (nSPS) is 12.2. The van der Waals surface area contributed by atoms with Crippen molar-refractivity contribution >= 4 is 17.5 Å². The van der Waals surface area contributed by atoms with Gasteiger partial charge in [-0.2, -0.15) is 26.3 Å². The zero-order valence-corrected chi connectivity index (χ0v) is 22.1. The predicted octanol–water partition coefficient (Wildman–Crippen LogP) is 7.70. The van der Waals surface area contributed by atoms with Crippen LogP contribution in [0, 0.1) is 0 Å². The number of aryl methyl sites for hydroxylation is 1. The lowest BCUT2D eigenvalue weighted by Gasteiger charge is -2.37. The van der Waals surface area contributed by atoms with Crippen molar-refractivity contribution < 1.29 is 50.1 Å². The Morgan fingerprint density at radius 2 is 1.59 bits per heavy atom. The third kappa shape index (κ3) is 7.41. The lowest BCUT2D eigenvalue weighted by molar-refractivity contribution is -0.400. The van der Waals surface area contributed by atoms with Gasteiger partial charge in [-0.15, -0.1) is 0 Å². The smallest absolute Gasteiger partial charge is 0.430 e. The van der Waals surface area contributed by atoms with Gasteiger partial charge < -0.3 is 24.7 Å². The number of nitrogens with two attached hydrogens (primary N) is 1. The Bertz CT molecular complexity index is 1300. The lowest BCUT2D eigenvalue weighted by Crippen LogP contribution is -2.56. The van der Waals surface area contributed by atoms with Gasteiger partial charge in [0.2, 0.25) is 0 Å². The summed E-state index contributed by atoms with van der Waals surface area (Å²) in [5, 5.41) is 2.55. The number of nitrogen functional groups attached to an aromatic ring is 1. The van der Waals surface area contributed by atoms with E-state index in [0.29, 0.717) is 23.7 Å². The van der Waals surface area contributed by atoms with E-state index in [-0.39, 0.29) is 35.8 Å². The molecule has 0 bridgehead atoms. The van der Waals surface area contributed by atoms with Gasteiger partial charge >= 0.3 is 18.4 Å². The van der Waals surface area contributed by atoms with Crippen LogP contribution in [0.1, 0.15) is 30.0 Å². The van der Waals surface area contributed by atoms with E-state index in [1.165, 1.54) is 18.2 Å². The molecule has 0 saturated heterocycles. The van der Waals surface area contributed by atoms with E-state index >= 15 is 0 Å². The maximum atomic E-state index is 14.0. The molecule has 0 aliphatic rings. The highest BCUT2D eigenvalue weighted by Gasteiger charge is 2.73. The number of rotatable bonds is 11. The van der Waals surface area contributed by atoms with E-state index < -0.39 is 36.4 Å². The topological polar surface area (TPSA) is 92.0 Å². The molecule has 0 aliphatic carbocycles. The summed E-state index contributed by atoms with van der Waals surface area (Å²) in [7, 11) is 0.915. The molecule has 3 rings (SSSR count). The van der Waals surface area contributed by atoms with Crippen LogP contribution in [0.15, 0.2) is 66.7 Å². The van der Waals surface area contributed by atoms with Gasteiger partial charge in [-0.05, 0) is 54.4 Å². The van der Waals surface area contributed by atoms with Gasteiger partial charge in [0.05, 0.1) is 0 Å². The second kappa shape index (κ2) is 13.1. The Morgan fingerprint density at radius 1 is 0.902 bits per heavy atom. The minimum absolute atomic E-state index is 0.0269. The van der Waals surface area contributed by atoms with Crippen LogP contribution in [-0.4, -0.2) is 32.3 Å². The van der Waals surface area contributed by atoms with Crippen molar-refractivity contribution in [2.45, 2.75) is 44.3 Å². The number of methoxy groups -OCH3 is 1. The first-order valence-corrected chi connectivity index (χ1v) is 12.3. The van der Waals surface area contributed by atoms with E-state index in [9.17, 15) is 31.1 Å². The Labute approximate surface area is 232 Å². The van der Waals surface area contributed by atoms with E-state index in [1.54, 1.807) is 37.3 Å². The summed E-state index contributed by atoms with van der Waals surface area (Å²) in [5.74, 6) is 0.193. The first kappa shape index (κ1) is 31.6. The van der Waals surface area contributed by atoms with Crippen molar-refractivity contribution in [1.82, 2.24) is 0 Å². The zero-order chi connectivity index (χ0) is 30.3. The summed E-state index contributed by atoms with van der Waals surface area (Å²) in [6.07, 6.45) is -12.0. The first-order chi connectivity index (χ1) is 19.3. The molecule has 0 aromatic heterocycles. The van der Waals surface area contributed by atoms with Crippen LogP contribution < -0.4 is 15.8 Å². The third-order valence-corrected chi connectivity index (χ3v) is 5.90. The fourth-order valence-corrected chi connectivity index (χ4v) is 3.96. The molecule has 13 heteroatoms. The van der Waals surface area contributed by atoms with Crippen LogP contribution in [0.5, 0.6) is 11.5 Å². The molecule has 0 fully saturated rings. The van der Waals surface area contributed by atoms with Gasteiger partial charge in [0.1, 0.15) is 24.9 Å². The molecule has 222 valence electrons. The molecular weight excluding hydrogens is 558 g/mol. The summed E-state index contributed by atoms with van der Waals surface area (Å²) in [6, 6.07) is 15.4. The summed E-state index contributed by atoms with van der Waals surface area (Å²) in [6.45, 7) is 0.219. The summed E-state index contributed by atoms with van der Waals surface area (Å²) >= 11 is 0. The van der Waals surface area contributed by atoms with Crippen molar-refractivity contribution in [3.8, 4) is 11.5 Å². The van der Waals surface area contributed by atoms with E-state index in [4.69, 9.17) is 15.2 Å². The molecule has 0 unspecified atom stereocenters. The summed E-state index contributed by atoms with van der Waals surface area (Å²) < 4.78 is 104. The number of nitrogens with one attached hydrogen (secondary N) is 1. The number of benzene rings is 3. The fraction of sp³-hybridized carbons (Fsp3) is 0.321. The highest BCUT2D eigenvalue weighted by atomic mass is 19.4. The second-order valence-electron chi connectivity index (χ2n) is 8.83. The first-order valence-electron chi connectivity index (χ1n) is 12.3. The van der Waals surface area contributed by atoms with E-state index in [1.807, 2.05) is 0 Å². The molecule has 0 saturated carbocycles. The maximum Gasteiger partial charge on any atom is 0.430 e. The number of hydrogen-bond acceptors (Lipinski definition) is 6. The SMILES string of the molecule is CCCc1cc(C(OCOC)(C(F)(F)F)C(F)(F)F)ccc1Oc1ccc(N)c(COC(=O)Nc2ccccc2)c1. The number of anilines is 2. The molecule has 7 nitrogen and oxygen atoms in total. The lowest BCUT2D eigenvalue weighted by atomic mass is 9.89. The average molecular weight is 587 g/mol. The van der Waals surface area contributed by atoms with Gasteiger partial charge in [-0.25, -0.2) is 4.79 Å². The van der Waals surface area contributed by atoms with Crippen LogP contribution in [0.3, 0.4) is 0 Å². The van der Waals surface area contributed by atoms with Gasteiger partial charge in [-0.1, -0.05) is 37.6 Å². The van der Waals surface area contributed by atoms with Crippen LogP contribution >= 0.6 is 0 Å². The zero-order valence-electron chi connectivity index (χ0n) is 22.1. The van der Waals surface area contributed by atoms with E-state index in [2.05, 4.69) is 14.8 Å². The van der Waals surface area contributed by atoms with Crippen LogP contribution in [0.2, 0.25) is 0 Å². The maximum absolute atomic E-state index is 14.0. The van der Waals surface area contributed by atoms with Crippen LogP contribution in [-0.2, 0) is 32.8 Å². The summed E-state index contributed by atoms with van der Waals surface area (Å²) in [4.78, 5) is 12.1. The predicted molar refractivity (Wildman–Crippen MR) is 138 cm³/mol. The number of carbonyl (C=O) groups excluding carboxylic acids is 1. The number of halogens is 6. The van der Waals surface area contributed by atoms with Gasteiger partial charge in [0.25, 0.3) is 5.60 Å². The minimum Gasteiger partial charge on any atom is -0.457 e. The van der Waals surface area contributed by atoms with Crippen molar-refractivity contribution in [3.63, 3.8) is 0 Å². The molecule has 0 atom stereocenters. The number of para-hydroxylation sites is 1. The standard InChI is InChI=1S/C28H28F6N2O5/c1-3-7-18-14-20(26(27(29,30)31,28(32,33)34)40-17-38-2)10-13-24(18)41-22-11-12-23(35)19(15-22)16-39-25(37)36-21-8-5-4-6-9-21/h4-6,8-15H,3,7,16-17,35H2,1-2H3,(H,36,37). The van der Waals surface area contributed by atoms with Crippen molar-refractivity contribution in [3.05, 3.63) is 83.4 Å². The fourth-order valence-electron chi connectivity index (χ4n) is 3.96. The van der Waals surface area contributed by atoms with Crippen molar-refractivity contribution in [2.24, 2.45) is 0 Å². The Morgan fingerprint density at radius 3 is 2.20 bits per heavy atom. The molecule has 0 aliphatic heterocycles. The van der Waals surface area contributed by atoms with E-state index in [0.717, 1.165) is 19.2 Å². The number of hydrogen-bond donors (Lipinski definition) is 2. The number of alkyl halides is 6. The molecule has 0 radical (unpaired) electrons. The molecule has 0 spiro atoms. The molecular formula is C28H28F6N2O5. The highest BCUT2D eigenvalue weighted by molar-refractivity contribution is 5.84. The van der Waals surface area contributed by atoms with Gasteiger partial charge in [-0.3, -0.25) is 5.32 Å². The quantitative estimate of drug-likeness (QED) is 0.136. The Kier molecular flexibility index (Phi) is 10.1. The second-order valence-corrected chi connectivity index (χ2v) is 8.83. The molecule has 1 amide bonds. The molecule has 3 N–H and O–H groups in total.